The lowest BCUT2D eigenvalue weighted by molar-refractivity contribution is 0.491. The Morgan fingerprint density at radius 3 is 2.53 bits per heavy atom. The molecule has 6 heteroatoms. The highest BCUT2D eigenvalue weighted by molar-refractivity contribution is 9.10. The van der Waals surface area contributed by atoms with Gasteiger partial charge in [0.15, 0.2) is 9.84 Å². The van der Waals surface area contributed by atoms with Crippen molar-refractivity contribution in [3.63, 3.8) is 0 Å². The summed E-state index contributed by atoms with van der Waals surface area (Å²) in [5.74, 6) is 0. The maximum atomic E-state index is 11.6. The quantitative estimate of drug-likeness (QED) is 0.896. The average Bonchev–Trinajstić information content (AvgIpc) is 2.59. The minimum atomic E-state index is -3.05. The van der Waals surface area contributed by atoms with Gasteiger partial charge in [-0.1, -0.05) is 0 Å². The summed E-state index contributed by atoms with van der Waals surface area (Å²) in [5, 5.41) is 5.29. The molecule has 0 aliphatic rings. The van der Waals surface area contributed by atoms with Crippen LogP contribution in [0.4, 0.5) is 0 Å². The van der Waals surface area contributed by atoms with E-state index >= 15 is 0 Å². The number of sulfone groups is 1. The molecule has 0 fully saturated rings. The zero-order valence-corrected chi connectivity index (χ0v) is 13.7. The van der Waals surface area contributed by atoms with Crippen LogP contribution in [-0.4, -0.2) is 26.0 Å². The highest BCUT2D eigenvalue weighted by Gasteiger charge is 2.30. The SMILES string of the molecule is CC(NCC(C)(C)S(C)(=O)=O)c1sccc1Br. The summed E-state index contributed by atoms with van der Waals surface area (Å²) in [6.45, 7) is 5.96. The van der Waals surface area contributed by atoms with Crippen molar-refractivity contribution in [2.24, 2.45) is 0 Å². The highest BCUT2D eigenvalue weighted by atomic mass is 79.9. The van der Waals surface area contributed by atoms with E-state index in [1.54, 1.807) is 25.2 Å². The van der Waals surface area contributed by atoms with Crippen LogP contribution < -0.4 is 5.32 Å². The molecule has 3 nitrogen and oxygen atoms in total. The molecule has 0 aromatic carbocycles. The van der Waals surface area contributed by atoms with Gasteiger partial charge in [0.2, 0.25) is 0 Å². The van der Waals surface area contributed by atoms with Crippen molar-refractivity contribution in [1.82, 2.24) is 5.32 Å². The van der Waals surface area contributed by atoms with E-state index in [4.69, 9.17) is 0 Å². The smallest absolute Gasteiger partial charge is 0.153 e. The molecule has 0 saturated carbocycles. The van der Waals surface area contributed by atoms with Crippen LogP contribution in [0, 0.1) is 0 Å². The van der Waals surface area contributed by atoms with Crippen molar-refractivity contribution in [2.75, 3.05) is 12.8 Å². The van der Waals surface area contributed by atoms with Crippen molar-refractivity contribution in [1.29, 1.82) is 0 Å². The summed E-state index contributed by atoms with van der Waals surface area (Å²) in [5.41, 5.74) is 0. The van der Waals surface area contributed by atoms with Crippen LogP contribution >= 0.6 is 27.3 Å². The van der Waals surface area contributed by atoms with E-state index in [2.05, 4.69) is 21.2 Å². The molecule has 1 N–H and O–H groups in total. The lowest BCUT2D eigenvalue weighted by atomic mass is 10.2. The largest absolute Gasteiger partial charge is 0.308 e. The van der Waals surface area contributed by atoms with E-state index in [1.165, 1.54) is 11.1 Å². The molecule has 1 aromatic heterocycles. The summed E-state index contributed by atoms with van der Waals surface area (Å²) in [4.78, 5) is 1.19. The van der Waals surface area contributed by atoms with Gasteiger partial charge in [-0.3, -0.25) is 0 Å². The Morgan fingerprint density at radius 1 is 1.53 bits per heavy atom. The van der Waals surface area contributed by atoms with Crippen LogP contribution in [0.25, 0.3) is 0 Å². The zero-order chi connectivity index (χ0) is 13.3. The van der Waals surface area contributed by atoms with Gasteiger partial charge in [-0.15, -0.1) is 11.3 Å². The summed E-state index contributed by atoms with van der Waals surface area (Å²) in [6.07, 6.45) is 1.28. The Morgan fingerprint density at radius 2 is 2.12 bits per heavy atom. The third-order valence-corrected chi connectivity index (χ3v) is 7.08. The fourth-order valence-corrected chi connectivity index (χ4v) is 3.33. The third kappa shape index (κ3) is 3.77. The van der Waals surface area contributed by atoms with Gasteiger partial charge in [-0.25, -0.2) is 8.42 Å². The first kappa shape index (κ1) is 15.1. The van der Waals surface area contributed by atoms with Gasteiger partial charge in [0.25, 0.3) is 0 Å². The van der Waals surface area contributed by atoms with Crippen molar-refractivity contribution >= 4 is 37.1 Å². The highest BCUT2D eigenvalue weighted by Crippen LogP contribution is 2.29. The molecule has 1 heterocycles. The number of hydrogen-bond acceptors (Lipinski definition) is 4. The van der Waals surface area contributed by atoms with Gasteiger partial charge in [0.05, 0.1) is 4.75 Å². The molecule has 0 radical (unpaired) electrons. The first-order valence-electron chi connectivity index (χ1n) is 5.31. The van der Waals surface area contributed by atoms with Crippen LogP contribution in [-0.2, 0) is 9.84 Å². The molecule has 0 aliphatic heterocycles. The summed E-state index contributed by atoms with van der Waals surface area (Å²) in [6, 6.07) is 2.14. The second kappa shape index (κ2) is 5.38. The Balaban J connectivity index is 2.67. The second-order valence-corrected chi connectivity index (χ2v) is 9.22. The summed E-state index contributed by atoms with van der Waals surface area (Å²) >= 11 is 5.14. The standard InChI is InChI=1S/C11H18BrNO2S2/c1-8(10-9(12)5-6-16-10)13-7-11(2,3)17(4,14)15/h5-6,8,13H,7H2,1-4H3. The van der Waals surface area contributed by atoms with E-state index in [0.29, 0.717) is 6.54 Å². The molecule has 0 amide bonds. The average molecular weight is 340 g/mol. The number of nitrogens with one attached hydrogen (secondary N) is 1. The molecule has 0 saturated heterocycles. The predicted octanol–water partition coefficient (Wildman–Crippen LogP) is 2.98. The molecule has 17 heavy (non-hydrogen) atoms. The van der Waals surface area contributed by atoms with Crippen LogP contribution in [0.2, 0.25) is 0 Å². The van der Waals surface area contributed by atoms with E-state index in [9.17, 15) is 8.42 Å². The van der Waals surface area contributed by atoms with E-state index in [-0.39, 0.29) is 6.04 Å². The topological polar surface area (TPSA) is 46.2 Å². The Bertz CT molecular complexity index is 479. The van der Waals surface area contributed by atoms with Crippen LogP contribution in [0.1, 0.15) is 31.7 Å². The van der Waals surface area contributed by atoms with Gasteiger partial charge in [0, 0.05) is 28.2 Å². The van der Waals surface area contributed by atoms with Gasteiger partial charge in [0.1, 0.15) is 0 Å². The molecular weight excluding hydrogens is 322 g/mol. The fourth-order valence-electron chi connectivity index (χ4n) is 1.24. The van der Waals surface area contributed by atoms with Gasteiger partial charge < -0.3 is 5.32 Å². The van der Waals surface area contributed by atoms with Crippen LogP contribution in [0.5, 0.6) is 0 Å². The minimum absolute atomic E-state index is 0.144. The van der Waals surface area contributed by atoms with Crippen LogP contribution in [0.15, 0.2) is 15.9 Å². The summed E-state index contributed by atoms with van der Waals surface area (Å²) in [7, 11) is -3.05. The normalized spacial score (nSPS) is 14.9. The molecular formula is C11H18BrNO2S2. The fraction of sp³-hybridized carbons (Fsp3) is 0.636. The van der Waals surface area contributed by atoms with Crippen molar-refractivity contribution in [3.05, 3.63) is 20.8 Å². The van der Waals surface area contributed by atoms with Gasteiger partial charge in [-0.2, -0.15) is 0 Å². The lowest BCUT2D eigenvalue weighted by Crippen LogP contribution is -2.42. The monoisotopic (exact) mass is 339 g/mol. The molecule has 1 atom stereocenters. The number of rotatable bonds is 5. The molecule has 0 spiro atoms. The van der Waals surface area contributed by atoms with Crippen molar-refractivity contribution in [2.45, 2.75) is 31.6 Å². The Labute approximate surface area is 116 Å². The molecule has 0 bridgehead atoms. The van der Waals surface area contributed by atoms with Gasteiger partial charge >= 0.3 is 0 Å². The second-order valence-electron chi connectivity index (χ2n) is 4.77. The molecule has 1 unspecified atom stereocenters. The molecule has 1 rings (SSSR count). The van der Waals surface area contributed by atoms with E-state index in [1.807, 2.05) is 18.4 Å². The molecule has 98 valence electrons. The van der Waals surface area contributed by atoms with Crippen molar-refractivity contribution in [3.8, 4) is 0 Å². The first-order chi connectivity index (χ1) is 7.65. The molecule has 0 aliphatic carbocycles. The maximum absolute atomic E-state index is 11.6. The minimum Gasteiger partial charge on any atom is -0.308 e. The third-order valence-electron chi connectivity index (χ3n) is 2.88. The first-order valence-corrected chi connectivity index (χ1v) is 8.87. The van der Waals surface area contributed by atoms with E-state index in [0.717, 1.165) is 4.47 Å². The number of thiophene rings is 1. The van der Waals surface area contributed by atoms with Crippen molar-refractivity contribution < 1.29 is 8.42 Å². The Kier molecular flexibility index (Phi) is 4.80. The lowest BCUT2D eigenvalue weighted by Gasteiger charge is -2.25. The van der Waals surface area contributed by atoms with Gasteiger partial charge in [-0.05, 0) is 48.1 Å². The zero-order valence-electron chi connectivity index (χ0n) is 10.5. The predicted molar refractivity (Wildman–Crippen MR) is 77.4 cm³/mol. The Hall–Kier alpha value is 0.0900. The molecule has 1 aromatic rings. The summed E-state index contributed by atoms with van der Waals surface area (Å²) < 4.78 is 23.5. The van der Waals surface area contributed by atoms with Crippen LogP contribution in [0.3, 0.4) is 0 Å². The maximum Gasteiger partial charge on any atom is 0.153 e. The van der Waals surface area contributed by atoms with E-state index < -0.39 is 14.6 Å². The number of hydrogen-bond donors (Lipinski definition) is 1. The number of halogens is 1.